The minimum absolute atomic E-state index is 0.120. The SMILES string of the molecule is Cn1c(-c2nc(Nc3ccc(N4CCB(C#N)CC4)cn3)ncc2F)cc2c1CCNC2=O. The number of nitrogens with one attached hydrogen (secondary N) is 2. The third kappa shape index (κ3) is 4.00. The molecule has 0 spiro atoms. The first-order valence-electron chi connectivity index (χ1n) is 10.9. The lowest BCUT2D eigenvalue weighted by Gasteiger charge is -2.29. The molecule has 3 aromatic heterocycles. The highest BCUT2D eigenvalue weighted by atomic mass is 19.1. The van der Waals surface area contributed by atoms with E-state index >= 15 is 0 Å². The average molecular weight is 444 g/mol. The fraction of sp³-hybridized carbons (Fsp3) is 0.318. The number of halogens is 1. The first-order valence-corrected chi connectivity index (χ1v) is 10.9. The number of anilines is 3. The molecule has 5 rings (SSSR count). The number of carbonyl (C=O) groups excluding carboxylic acids is 1. The number of fused-ring (bicyclic) bond motifs is 1. The molecule has 33 heavy (non-hydrogen) atoms. The Kier molecular flexibility index (Phi) is 5.42. The van der Waals surface area contributed by atoms with Gasteiger partial charge in [-0.3, -0.25) is 4.79 Å². The van der Waals surface area contributed by atoms with Crippen molar-refractivity contribution in [2.45, 2.75) is 19.1 Å². The van der Waals surface area contributed by atoms with Crippen molar-refractivity contribution in [3.8, 4) is 17.4 Å². The third-order valence-corrected chi connectivity index (χ3v) is 6.27. The Morgan fingerprint density at radius 3 is 2.76 bits per heavy atom. The zero-order chi connectivity index (χ0) is 22.9. The summed E-state index contributed by atoms with van der Waals surface area (Å²) >= 11 is 0. The third-order valence-electron chi connectivity index (χ3n) is 6.27. The van der Waals surface area contributed by atoms with Crippen molar-refractivity contribution in [1.82, 2.24) is 24.8 Å². The molecule has 1 fully saturated rings. The molecule has 1 saturated heterocycles. The largest absolute Gasteiger partial charge is 0.372 e. The molecular weight excluding hydrogens is 422 g/mol. The van der Waals surface area contributed by atoms with Gasteiger partial charge in [0.1, 0.15) is 11.5 Å². The number of amides is 1. The molecule has 11 heteroatoms. The van der Waals surface area contributed by atoms with Gasteiger partial charge in [0.25, 0.3) is 12.6 Å². The number of hydrogen-bond acceptors (Lipinski definition) is 7. The Bertz CT molecular complexity index is 1240. The van der Waals surface area contributed by atoms with Crippen molar-refractivity contribution in [3.63, 3.8) is 0 Å². The van der Waals surface area contributed by atoms with Gasteiger partial charge < -0.3 is 20.1 Å². The Labute approximate surface area is 190 Å². The summed E-state index contributed by atoms with van der Waals surface area (Å²) in [7, 11) is 1.81. The van der Waals surface area contributed by atoms with Crippen molar-refractivity contribution in [2.24, 2.45) is 7.05 Å². The van der Waals surface area contributed by atoms with Gasteiger partial charge >= 0.3 is 0 Å². The molecule has 0 radical (unpaired) electrons. The zero-order valence-electron chi connectivity index (χ0n) is 18.2. The Hall–Kier alpha value is -3.94. The van der Waals surface area contributed by atoms with Gasteiger partial charge in [0.05, 0.1) is 29.3 Å². The van der Waals surface area contributed by atoms with E-state index in [-0.39, 0.29) is 24.3 Å². The monoisotopic (exact) mass is 444 g/mol. The van der Waals surface area contributed by atoms with Crippen molar-refractivity contribution in [3.05, 3.63) is 47.7 Å². The molecule has 0 saturated carbocycles. The van der Waals surface area contributed by atoms with Gasteiger partial charge in [-0.15, -0.1) is 0 Å². The Morgan fingerprint density at radius 2 is 2.06 bits per heavy atom. The minimum atomic E-state index is -0.567. The van der Waals surface area contributed by atoms with Gasteiger partial charge in [0.15, 0.2) is 5.82 Å². The van der Waals surface area contributed by atoms with E-state index in [0.29, 0.717) is 30.0 Å². The molecule has 2 N–H and O–H groups in total. The number of aromatic nitrogens is 4. The van der Waals surface area contributed by atoms with E-state index in [1.54, 1.807) is 19.3 Å². The van der Waals surface area contributed by atoms with E-state index in [1.807, 2.05) is 16.7 Å². The van der Waals surface area contributed by atoms with E-state index in [4.69, 9.17) is 5.26 Å². The maximum absolute atomic E-state index is 14.6. The van der Waals surface area contributed by atoms with E-state index in [9.17, 15) is 9.18 Å². The van der Waals surface area contributed by atoms with Crippen LogP contribution in [0.1, 0.15) is 16.1 Å². The van der Waals surface area contributed by atoms with Crippen LogP contribution in [0.15, 0.2) is 30.6 Å². The second-order valence-corrected chi connectivity index (χ2v) is 8.26. The minimum Gasteiger partial charge on any atom is -0.372 e. The molecule has 0 atom stereocenters. The number of pyridine rings is 1. The second kappa shape index (κ2) is 8.54. The van der Waals surface area contributed by atoms with Crippen LogP contribution >= 0.6 is 0 Å². The van der Waals surface area contributed by atoms with Crippen LogP contribution in [-0.4, -0.2) is 51.8 Å². The van der Waals surface area contributed by atoms with Gasteiger partial charge in [-0.1, -0.05) is 0 Å². The van der Waals surface area contributed by atoms with Crippen LogP contribution in [0.2, 0.25) is 12.6 Å². The van der Waals surface area contributed by atoms with E-state index in [0.717, 1.165) is 43.3 Å². The highest BCUT2D eigenvalue weighted by molar-refractivity contribution is 6.67. The maximum Gasteiger partial charge on any atom is 0.271 e. The first kappa shape index (κ1) is 20.9. The molecule has 166 valence electrons. The Balaban J connectivity index is 1.35. The first-order chi connectivity index (χ1) is 16.0. The van der Waals surface area contributed by atoms with Crippen LogP contribution in [-0.2, 0) is 13.5 Å². The summed E-state index contributed by atoms with van der Waals surface area (Å²) in [6, 6.07) is 5.45. The number of rotatable bonds is 4. The second-order valence-electron chi connectivity index (χ2n) is 8.26. The zero-order valence-corrected chi connectivity index (χ0v) is 18.2. The van der Waals surface area contributed by atoms with Crippen molar-refractivity contribution in [2.75, 3.05) is 29.9 Å². The van der Waals surface area contributed by atoms with Crippen LogP contribution in [0.5, 0.6) is 0 Å². The molecular formula is C22H22BFN8O. The predicted octanol–water partition coefficient (Wildman–Crippen LogP) is 2.42. The van der Waals surface area contributed by atoms with Crippen molar-refractivity contribution in [1.29, 1.82) is 5.26 Å². The fourth-order valence-electron chi connectivity index (χ4n) is 4.39. The molecule has 0 unspecified atom stereocenters. The van der Waals surface area contributed by atoms with Crippen LogP contribution in [0.25, 0.3) is 11.4 Å². The van der Waals surface area contributed by atoms with Gasteiger partial charge in [0, 0.05) is 44.8 Å². The summed E-state index contributed by atoms with van der Waals surface area (Å²) in [6.07, 6.45) is 5.27. The smallest absolute Gasteiger partial charge is 0.271 e. The molecule has 5 heterocycles. The quantitative estimate of drug-likeness (QED) is 0.595. The lowest BCUT2D eigenvalue weighted by atomic mass is 9.45. The summed E-state index contributed by atoms with van der Waals surface area (Å²) in [4.78, 5) is 27.2. The van der Waals surface area contributed by atoms with E-state index in [2.05, 4.69) is 36.5 Å². The predicted molar refractivity (Wildman–Crippen MR) is 123 cm³/mol. The van der Waals surface area contributed by atoms with Gasteiger partial charge in [-0.2, -0.15) is 0 Å². The number of nitriles is 1. The van der Waals surface area contributed by atoms with E-state index in [1.165, 1.54) is 0 Å². The summed E-state index contributed by atoms with van der Waals surface area (Å²) in [5, 5.41) is 14.9. The molecule has 3 aromatic rings. The lowest BCUT2D eigenvalue weighted by molar-refractivity contribution is 0.0945. The topological polar surface area (TPSA) is 112 Å². The van der Waals surface area contributed by atoms with Crippen molar-refractivity contribution >= 4 is 30.1 Å². The van der Waals surface area contributed by atoms with E-state index < -0.39 is 5.82 Å². The van der Waals surface area contributed by atoms with Gasteiger partial charge in [-0.25, -0.2) is 24.6 Å². The lowest BCUT2D eigenvalue weighted by Crippen LogP contribution is -2.36. The number of carbonyl (C=O) groups is 1. The normalized spacial score (nSPS) is 15.6. The highest BCUT2D eigenvalue weighted by Gasteiger charge is 2.25. The standard InChI is InChI=1S/C22H22BFN8O/c1-31-17-4-7-26-21(33)15(17)10-18(31)20-16(24)12-28-22(30-20)29-19-3-2-14(11-27-19)32-8-5-23(13-25)6-9-32/h2-3,10-12H,4-9H2,1H3,(H,26,33)(H,27,28,29,30). The molecule has 2 aliphatic heterocycles. The molecule has 0 aliphatic carbocycles. The highest BCUT2D eigenvalue weighted by Crippen LogP contribution is 2.28. The average Bonchev–Trinajstić information content (AvgIpc) is 3.18. The van der Waals surface area contributed by atoms with Gasteiger partial charge in [0.2, 0.25) is 5.95 Å². The number of hydrogen-bond donors (Lipinski definition) is 2. The molecule has 2 aliphatic rings. The number of nitrogens with zero attached hydrogens (tertiary/aromatic N) is 6. The van der Waals surface area contributed by atoms with Crippen LogP contribution < -0.4 is 15.5 Å². The molecule has 0 aromatic carbocycles. The summed E-state index contributed by atoms with van der Waals surface area (Å²) in [5.74, 6) is 2.36. The maximum atomic E-state index is 14.6. The van der Waals surface area contributed by atoms with Gasteiger partial charge in [-0.05, 0) is 30.8 Å². The van der Waals surface area contributed by atoms with Crippen LogP contribution in [0.4, 0.5) is 21.8 Å². The Morgan fingerprint density at radius 1 is 1.24 bits per heavy atom. The van der Waals surface area contributed by atoms with Crippen LogP contribution in [0, 0.1) is 17.0 Å². The molecule has 9 nitrogen and oxygen atoms in total. The summed E-state index contributed by atoms with van der Waals surface area (Å²) < 4.78 is 16.5. The van der Waals surface area contributed by atoms with Crippen molar-refractivity contribution < 1.29 is 9.18 Å². The summed E-state index contributed by atoms with van der Waals surface area (Å²) in [6.45, 7) is 2.34. The van der Waals surface area contributed by atoms with Crippen LogP contribution in [0.3, 0.4) is 0 Å². The molecule has 1 amide bonds. The molecule has 0 bridgehead atoms. The summed E-state index contributed by atoms with van der Waals surface area (Å²) in [5.41, 5.74) is 3.03. The fourth-order valence-corrected chi connectivity index (χ4v) is 4.39.